The van der Waals surface area contributed by atoms with E-state index in [-0.39, 0.29) is 11.5 Å². The van der Waals surface area contributed by atoms with Gasteiger partial charge in [-0.1, -0.05) is 24.3 Å². The number of nitrogens with zero attached hydrogens (tertiary/aromatic N) is 1. The number of hydrogen-bond acceptors (Lipinski definition) is 1. The van der Waals surface area contributed by atoms with E-state index in [1.807, 2.05) is 32.0 Å². The minimum absolute atomic E-state index is 0.293. The van der Waals surface area contributed by atoms with Gasteiger partial charge in [0, 0.05) is 5.56 Å². The Labute approximate surface area is 77.3 Å². The van der Waals surface area contributed by atoms with Crippen LogP contribution in [0.5, 0.6) is 0 Å². The van der Waals surface area contributed by atoms with Crippen LogP contribution in [0.4, 0.5) is 4.39 Å². The van der Waals surface area contributed by atoms with Gasteiger partial charge in [-0.15, -0.1) is 0 Å². The fourth-order valence-electron chi connectivity index (χ4n) is 1.71. The maximum atomic E-state index is 13.4. The predicted octanol–water partition coefficient (Wildman–Crippen LogP) is 2.74. The number of halogens is 1. The summed E-state index contributed by atoms with van der Waals surface area (Å²) in [5.41, 5.74) is 1.42. The van der Waals surface area contributed by atoms with Gasteiger partial charge in [-0.3, -0.25) is 4.99 Å². The minimum atomic E-state index is -0.327. The van der Waals surface area contributed by atoms with Crippen LogP contribution in [0.3, 0.4) is 0 Å². The Hall–Kier alpha value is -1.18. The molecule has 0 N–H and O–H groups in total. The van der Waals surface area contributed by atoms with Crippen LogP contribution in [-0.4, -0.2) is 11.5 Å². The smallest absolute Gasteiger partial charge is 0.216 e. The topological polar surface area (TPSA) is 12.4 Å². The fourth-order valence-corrected chi connectivity index (χ4v) is 1.71. The molecule has 0 saturated heterocycles. The van der Waals surface area contributed by atoms with Crippen molar-refractivity contribution in [1.82, 2.24) is 0 Å². The van der Waals surface area contributed by atoms with Gasteiger partial charge in [0.1, 0.15) is 0 Å². The molecule has 68 valence electrons. The molecule has 0 amide bonds. The van der Waals surface area contributed by atoms with Gasteiger partial charge in [-0.25, -0.2) is 0 Å². The van der Waals surface area contributed by atoms with Crippen molar-refractivity contribution in [2.45, 2.75) is 25.8 Å². The molecule has 2 heteroatoms. The molecule has 0 aromatic heterocycles. The molecule has 0 saturated carbocycles. The van der Waals surface area contributed by atoms with E-state index in [9.17, 15) is 4.39 Å². The Morgan fingerprint density at radius 2 is 2.00 bits per heavy atom. The van der Waals surface area contributed by atoms with Crippen molar-refractivity contribution in [3.05, 3.63) is 35.4 Å². The highest BCUT2D eigenvalue weighted by atomic mass is 19.1. The zero-order valence-corrected chi connectivity index (χ0v) is 7.84. The second-order valence-corrected chi connectivity index (χ2v) is 4.05. The minimum Gasteiger partial charge on any atom is -0.251 e. The van der Waals surface area contributed by atoms with E-state index in [0.29, 0.717) is 5.56 Å². The first kappa shape index (κ1) is 8.42. The zero-order valence-electron chi connectivity index (χ0n) is 7.84. The average molecular weight is 177 g/mol. The Balaban J connectivity index is 2.55. The Bertz CT molecular complexity index is 366. The van der Waals surface area contributed by atoms with E-state index < -0.39 is 0 Å². The molecular formula is C11H12FN. The van der Waals surface area contributed by atoms with Crippen molar-refractivity contribution in [1.29, 1.82) is 0 Å². The number of aliphatic imine (C=N–C) groups is 1. The summed E-state index contributed by atoms with van der Waals surface area (Å²) in [7, 11) is 0. The average Bonchev–Trinajstić information content (AvgIpc) is 2.02. The van der Waals surface area contributed by atoms with Gasteiger partial charge >= 0.3 is 0 Å². The summed E-state index contributed by atoms with van der Waals surface area (Å²) < 4.78 is 13.4. The van der Waals surface area contributed by atoms with E-state index in [0.717, 1.165) is 12.0 Å². The first-order valence-electron chi connectivity index (χ1n) is 4.42. The number of benzene rings is 1. The first-order valence-corrected chi connectivity index (χ1v) is 4.42. The fraction of sp³-hybridized carbons (Fsp3) is 0.364. The molecule has 1 aromatic rings. The number of fused-ring (bicyclic) bond motifs is 1. The van der Waals surface area contributed by atoms with Crippen LogP contribution < -0.4 is 0 Å². The van der Waals surface area contributed by atoms with Gasteiger partial charge in [-0.05, 0) is 25.8 Å². The third-order valence-electron chi connectivity index (χ3n) is 2.26. The third-order valence-corrected chi connectivity index (χ3v) is 2.26. The van der Waals surface area contributed by atoms with Crippen LogP contribution in [0.2, 0.25) is 0 Å². The summed E-state index contributed by atoms with van der Waals surface area (Å²) in [5, 5.41) is 0. The summed E-state index contributed by atoms with van der Waals surface area (Å²) in [6.07, 6.45) is 0.816. The lowest BCUT2D eigenvalue weighted by atomic mass is 9.90. The molecule has 1 aliphatic rings. The number of rotatable bonds is 0. The highest BCUT2D eigenvalue weighted by Crippen LogP contribution is 2.26. The summed E-state index contributed by atoms with van der Waals surface area (Å²) in [5.74, 6) is -0.327. The van der Waals surface area contributed by atoms with Crippen molar-refractivity contribution >= 4 is 5.97 Å². The van der Waals surface area contributed by atoms with E-state index in [4.69, 9.17) is 0 Å². The van der Waals surface area contributed by atoms with E-state index in [2.05, 4.69) is 4.99 Å². The van der Waals surface area contributed by atoms with Crippen molar-refractivity contribution in [3.8, 4) is 0 Å². The second-order valence-electron chi connectivity index (χ2n) is 4.05. The molecule has 0 radical (unpaired) electrons. The highest BCUT2D eigenvalue weighted by molar-refractivity contribution is 5.95. The molecule has 1 aliphatic heterocycles. The number of hydrogen-bond donors (Lipinski definition) is 0. The maximum Gasteiger partial charge on any atom is 0.216 e. The Morgan fingerprint density at radius 1 is 1.31 bits per heavy atom. The van der Waals surface area contributed by atoms with Crippen LogP contribution in [0.15, 0.2) is 29.3 Å². The first-order chi connectivity index (χ1) is 6.08. The largest absolute Gasteiger partial charge is 0.251 e. The normalized spacial score (nSPS) is 19.2. The molecule has 0 bridgehead atoms. The molecule has 0 unspecified atom stereocenters. The monoisotopic (exact) mass is 177 g/mol. The molecule has 1 heterocycles. The lowest BCUT2D eigenvalue weighted by molar-refractivity contribution is 0.500. The van der Waals surface area contributed by atoms with Crippen LogP contribution in [0, 0.1) is 0 Å². The Morgan fingerprint density at radius 3 is 2.77 bits per heavy atom. The summed E-state index contributed by atoms with van der Waals surface area (Å²) in [4.78, 5) is 4.01. The standard InChI is InChI=1S/C11H12FN/c1-11(2)7-8-5-3-4-6-9(8)10(12)13-11/h3-6H,7H2,1-2H3. The van der Waals surface area contributed by atoms with E-state index in [1.54, 1.807) is 6.07 Å². The lowest BCUT2D eigenvalue weighted by Gasteiger charge is -2.25. The third kappa shape index (κ3) is 1.48. The molecule has 2 rings (SSSR count). The quantitative estimate of drug-likeness (QED) is 0.577. The molecule has 0 spiro atoms. The van der Waals surface area contributed by atoms with Crippen LogP contribution in [0.1, 0.15) is 25.0 Å². The van der Waals surface area contributed by atoms with Gasteiger partial charge < -0.3 is 0 Å². The highest BCUT2D eigenvalue weighted by Gasteiger charge is 2.26. The molecule has 0 atom stereocenters. The van der Waals surface area contributed by atoms with Gasteiger partial charge in [-0.2, -0.15) is 4.39 Å². The van der Waals surface area contributed by atoms with Gasteiger partial charge in [0.2, 0.25) is 5.97 Å². The van der Waals surface area contributed by atoms with Crippen molar-refractivity contribution in [2.75, 3.05) is 0 Å². The predicted molar refractivity (Wildman–Crippen MR) is 51.9 cm³/mol. The zero-order chi connectivity index (χ0) is 9.47. The van der Waals surface area contributed by atoms with Crippen LogP contribution >= 0.6 is 0 Å². The molecule has 1 nitrogen and oxygen atoms in total. The summed E-state index contributed by atoms with van der Waals surface area (Å²) >= 11 is 0. The second kappa shape index (κ2) is 2.66. The molecule has 1 aromatic carbocycles. The molecule has 0 aliphatic carbocycles. The van der Waals surface area contributed by atoms with E-state index >= 15 is 0 Å². The molecule has 0 fully saturated rings. The van der Waals surface area contributed by atoms with Crippen molar-refractivity contribution in [3.63, 3.8) is 0 Å². The summed E-state index contributed by atoms with van der Waals surface area (Å²) in [6, 6.07) is 7.52. The molecule has 13 heavy (non-hydrogen) atoms. The maximum absolute atomic E-state index is 13.4. The van der Waals surface area contributed by atoms with Crippen molar-refractivity contribution < 1.29 is 4.39 Å². The van der Waals surface area contributed by atoms with Gasteiger partial charge in [0.15, 0.2) is 0 Å². The van der Waals surface area contributed by atoms with Gasteiger partial charge in [0.05, 0.1) is 5.54 Å². The van der Waals surface area contributed by atoms with Gasteiger partial charge in [0.25, 0.3) is 0 Å². The van der Waals surface area contributed by atoms with Crippen LogP contribution in [-0.2, 0) is 6.42 Å². The lowest BCUT2D eigenvalue weighted by Crippen LogP contribution is -2.27. The van der Waals surface area contributed by atoms with Crippen LogP contribution in [0.25, 0.3) is 0 Å². The Kier molecular flexibility index (Phi) is 1.72. The SMILES string of the molecule is CC1(C)Cc2ccccc2C(F)=N1. The molecular weight excluding hydrogens is 165 g/mol. The van der Waals surface area contributed by atoms with E-state index in [1.165, 1.54) is 0 Å². The summed E-state index contributed by atoms with van der Waals surface area (Å²) in [6.45, 7) is 3.89. The van der Waals surface area contributed by atoms with Crippen molar-refractivity contribution in [2.24, 2.45) is 4.99 Å².